The van der Waals surface area contributed by atoms with E-state index in [2.05, 4.69) is 25.3 Å². The molecule has 0 aliphatic rings. The Morgan fingerprint density at radius 1 is 1.05 bits per heavy atom. The maximum Gasteiger partial charge on any atom is 0.316 e. The van der Waals surface area contributed by atoms with Crippen molar-refractivity contribution in [2.75, 3.05) is 13.2 Å². The lowest BCUT2D eigenvalue weighted by molar-refractivity contribution is -0.165. The number of hydrogen-bond donors (Lipinski definition) is 1. The fraction of sp³-hybridized carbons (Fsp3) is 0.929. The largest absolute Gasteiger partial charge is 0.463 e. The summed E-state index contributed by atoms with van der Waals surface area (Å²) in [4.78, 5) is 21.0. The third-order valence-corrected chi connectivity index (χ3v) is 3.98. The van der Waals surface area contributed by atoms with Gasteiger partial charge in [-0.05, 0) is 24.2 Å². The number of carbonyl (C=O) groups is 1. The molecule has 0 saturated carbocycles. The summed E-state index contributed by atoms with van der Waals surface area (Å²) in [6.07, 6.45) is 0.694. The quantitative estimate of drug-likeness (QED) is 0.462. The van der Waals surface area contributed by atoms with Crippen molar-refractivity contribution in [3.8, 4) is 0 Å². The van der Waals surface area contributed by atoms with Crippen LogP contribution in [-0.4, -0.2) is 24.1 Å². The zero-order valence-electron chi connectivity index (χ0n) is 13.7. The third kappa shape index (κ3) is 6.38. The molecule has 20 heavy (non-hydrogen) atoms. The van der Waals surface area contributed by atoms with Gasteiger partial charge < -0.3 is 14.2 Å². The molecule has 0 aliphatic heterocycles. The van der Waals surface area contributed by atoms with Gasteiger partial charge in [0.2, 0.25) is 0 Å². The molecule has 1 N–H and O–H groups in total. The lowest BCUT2D eigenvalue weighted by atomic mass is 9.61. The summed E-state index contributed by atoms with van der Waals surface area (Å²) < 4.78 is 20.2. The van der Waals surface area contributed by atoms with Crippen LogP contribution in [0.2, 0.25) is 0 Å². The zero-order chi connectivity index (χ0) is 16.2. The van der Waals surface area contributed by atoms with Gasteiger partial charge in [0, 0.05) is 0 Å². The van der Waals surface area contributed by atoms with Crippen molar-refractivity contribution >= 4 is 14.2 Å². The van der Waals surface area contributed by atoms with Crippen LogP contribution >= 0.6 is 8.25 Å². The summed E-state index contributed by atoms with van der Waals surface area (Å²) in [5.74, 6) is -0.291. The standard InChI is InChI=1S/C14H29O5P/c1-12(2,3)10-14(7,13(4,5)6)11(15)18-8-9-19-20(16)17/h20H,8-10H2,1-7H3,(H,16,17). The van der Waals surface area contributed by atoms with E-state index in [-0.39, 0.29) is 30.0 Å². The second-order valence-electron chi connectivity index (χ2n) is 7.57. The molecule has 6 heteroatoms. The van der Waals surface area contributed by atoms with Crippen molar-refractivity contribution in [1.82, 2.24) is 0 Å². The Morgan fingerprint density at radius 3 is 1.90 bits per heavy atom. The molecule has 0 aromatic heterocycles. The van der Waals surface area contributed by atoms with Crippen LogP contribution in [0.5, 0.6) is 0 Å². The van der Waals surface area contributed by atoms with Crippen molar-refractivity contribution in [2.45, 2.75) is 54.9 Å². The van der Waals surface area contributed by atoms with Gasteiger partial charge in [-0.3, -0.25) is 9.36 Å². The van der Waals surface area contributed by atoms with E-state index in [1.165, 1.54) is 0 Å². The fourth-order valence-electron chi connectivity index (χ4n) is 2.13. The Bertz CT molecular complexity index is 354. The maximum absolute atomic E-state index is 12.4. The molecule has 2 atom stereocenters. The van der Waals surface area contributed by atoms with Crippen molar-refractivity contribution in [3.63, 3.8) is 0 Å². The zero-order valence-corrected chi connectivity index (χ0v) is 14.7. The van der Waals surface area contributed by atoms with Crippen LogP contribution in [0.4, 0.5) is 0 Å². The van der Waals surface area contributed by atoms with Crippen LogP contribution < -0.4 is 0 Å². The third-order valence-electron chi connectivity index (χ3n) is 3.53. The topological polar surface area (TPSA) is 72.8 Å². The maximum atomic E-state index is 12.4. The van der Waals surface area contributed by atoms with Gasteiger partial charge in [0.15, 0.2) is 0 Å². The molecule has 0 saturated heterocycles. The SMILES string of the molecule is CC(C)(C)CC(C)(C(=O)OCCO[PH](=O)O)C(C)(C)C. The molecule has 5 nitrogen and oxygen atoms in total. The smallest absolute Gasteiger partial charge is 0.316 e. The average molecular weight is 308 g/mol. The van der Waals surface area contributed by atoms with Gasteiger partial charge in [0.1, 0.15) is 6.61 Å². The van der Waals surface area contributed by atoms with E-state index in [0.717, 1.165) is 0 Å². The monoisotopic (exact) mass is 308 g/mol. The number of hydrogen-bond acceptors (Lipinski definition) is 4. The summed E-state index contributed by atoms with van der Waals surface area (Å²) in [6, 6.07) is 0. The van der Waals surface area contributed by atoms with Gasteiger partial charge in [0.25, 0.3) is 0 Å². The molecule has 0 radical (unpaired) electrons. The van der Waals surface area contributed by atoms with Gasteiger partial charge in [-0.25, -0.2) is 0 Å². The number of ether oxygens (including phenoxy) is 1. The second kappa shape index (κ2) is 7.06. The van der Waals surface area contributed by atoms with Crippen LogP contribution in [0.3, 0.4) is 0 Å². The Morgan fingerprint density at radius 2 is 1.55 bits per heavy atom. The Balaban J connectivity index is 4.80. The highest BCUT2D eigenvalue weighted by Gasteiger charge is 2.47. The first-order chi connectivity index (χ1) is 8.79. The van der Waals surface area contributed by atoms with E-state index in [4.69, 9.17) is 9.63 Å². The van der Waals surface area contributed by atoms with E-state index in [0.29, 0.717) is 6.42 Å². The average Bonchev–Trinajstić information content (AvgIpc) is 2.19. The molecule has 0 fully saturated rings. The van der Waals surface area contributed by atoms with E-state index in [1.54, 1.807) is 0 Å². The van der Waals surface area contributed by atoms with Crippen molar-refractivity contribution in [1.29, 1.82) is 0 Å². The molecule has 0 spiro atoms. The van der Waals surface area contributed by atoms with Gasteiger partial charge in [-0.1, -0.05) is 41.5 Å². The predicted octanol–water partition coefficient (Wildman–Crippen LogP) is 3.42. The van der Waals surface area contributed by atoms with Gasteiger partial charge in [-0.15, -0.1) is 0 Å². The highest BCUT2D eigenvalue weighted by molar-refractivity contribution is 7.32. The number of carbonyl (C=O) groups excluding carboxylic acids is 1. The minimum absolute atomic E-state index is 0.00612. The summed E-state index contributed by atoms with van der Waals surface area (Å²) in [7, 11) is -2.97. The van der Waals surface area contributed by atoms with Crippen LogP contribution in [0.15, 0.2) is 0 Å². The predicted molar refractivity (Wildman–Crippen MR) is 79.8 cm³/mol. The van der Waals surface area contributed by atoms with Gasteiger partial charge in [0.05, 0.1) is 12.0 Å². The molecular formula is C14H29O5P. The summed E-state index contributed by atoms with van der Waals surface area (Å²) in [5, 5.41) is 0. The lowest BCUT2D eigenvalue weighted by Gasteiger charge is -2.43. The molecule has 0 aliphatic carbocycles. The molecular weight excluding hydrogens is 279 g/mol. The first-order valence-electron chi connectivity index (χ1n) is 6.82. The Hall–Kier alpha value is -0.380. The fourth-order valence-corrected chi connectivity index (χ4v) is 2.38. The lowest BCUT2D eigenvalue weighted by Crippen LogP contribution is -2.44. The van der Waals surface area contributed by atoms with Crippen LogP contribution in [0, 0.1) is 16.2 Å². The second-order valence-corrected chi connectivity index (χ2v) is 8.39. The van der Waals surface area contributed by atoms with E-state index in [1.807, 2.05) is 27.7 Å². The van der Waals surface area contributed by atoms with Crippen molar-refractivity contribution < 1.29 is 23.5 Å². The molecule has 0 aromatic carbocycles. The highest BCUT2D eigenvalue weighted by atomic mass is 31.1. The van der Waals surface area contributed by atoms with Crippen molar-refractivity contribution in [2.24, 2.45) is 16.2 Å². The van der Waals surface area contributed by atoms with Crippen LogP contribution in [0.25, 0.3) is 0 Å². The summed E-state index contributed by atoms with van der Waals surface area (Å²) in [5.41, 5.74) is -0.883. The van der Waals surface area contributed by atoms with Crippen LogP contribution in [0.1, 0.15) is 54.9 Å². The molecule has 0 rings (SSSR count). The first kappa shape index (κ1) is 19.6. The van der Waals surface area contributed by atoms with Gasteiger partial charge in [-0.2, -0.15) is 0 Å². The van der Waals surface area contributed by atoms with E-state index >= 15 is 0 Å². The molecule has 0 bridgehead atoms. The van der Waals surface area contributed by atoms with Crippen molar-refractivity contribution in [3.05, 3.63) is 0 Å². The molecule has 120 valence electrons. The molecule has 0 heterocycles. The van der Waals surface area contributed by atoms with Crippen LogP contribution in [-0.2, 0) is 18.6 Å². The summed E-state index contributed by atoms with van der Waals surface area (Å²) >= 11 is 0. The summed E-state index contributed by atoms with van der Waals surface area (Å²) in [6.45, 7) is 14.2. The number of esters is 1. The normalized spacial score (nSPS) is 17.4. The minimum atomic E-state index is -2.97. The Kier molecular flexibility index (Phi) is 6.92. The Labute approximate surface area is 123 Å². The molecule has 0 aromatic rings. The first-order valence-corrected chi connectivity index (χ1v) is 8.09. The molecule has 0 amide bonds. The minimum Gasteiger partial charge on any atom is -0.463 e. The molecule has 2 unspecified atom stereocenters. The van der Waals surface area contributed by atoms with Gasteiger partial charge >= 0.3 is 14.2 Å². The van der Waals surface area contributed by atoms with E-state index < -0.39 is 13.7 Å². The highest BCUT2D eigenvalue weighted by Crippen LogP contribution is 2.47. The number of rotatable bonds is 6. The van der Waals surface area contributed by atoms with E-state index in [9.17, 15) is 9.36 Å².